The van der Waals surface area contributed by atoms with E-state index in [1.54, 1.807) is 31.2 Å². The van der Waals surface area contributed by atoms with Gasteiger partial charge in [0.05, 0.1) is 17.1 Å². The Bertz CT molecular complexity index is 1230. The Morgan fingerprint density at radius 1 is 1.06 bits per heavy atom. The first-order valence-corrected chi connectivity index (χ1v) is 11.7. The summed E-state index contributed by atoms with van der Waals surface area (Å²) >= 11 is 6.08. The summed E-state index contributed by atoms with van der Waals surface area (Å²) in [4.78, 5) is 12.2. The van der Waals surface area contributed by atoms with Gasteiger partial charge in [0.1, 0.15) is 0 Å². The number of sulfonamides is 1. The van der Waals surface area contributed by atoms with Crippen molar-refractivity contribution in [3.05, 3.63) is 59.2 Å². The zero-order chi connectivity index (χ0) is 22.2. The highest BCUT2D eigenvalue weighted by molar-refractivity contribution is 7.89. The van der Waals surface area contributed by atoms with Gasteiger partial charge >= 0.3 is 6.16 Å². The van der Waals surface area contributed by atoms with Crippen LogP contribution in [0.25, 0.3) is 22.3 Å². The van der Waals surface area contributed by atoms with Crippen LogP contribution in [0, 0.1) is 0 Å². The van der Waals surface area contributed by atoms with Gasteiger partial charge in [-0.25, -0.2) is 18.4 Å². The van der Waals surface area contributed by atoms with Gasteiger partial charge in [-0.2, -0.15) is 0 Å². The van der Waals surface area contributed by atoms with Crippen molar-refractivity contribution in [2.75, 3.05) is 6.61 Å². The van der Waals surface area contributed by atoms with E-state index in [9.17, 15) is 13.2 Å². The molecule has 4 rings (SSSR count). The van der Waals surface area contributed by atoms with Gasteiger partial charge in [0.15, 0.2) is 0 Å². The van der Waals surface area contributed by atoms with Crippen LogP contribution in [0.1, 0.15) is 19.0 Å². The van der Waals surface area contributed by atoms with Crippen LogP contribution < -0.4 is 9.88 Å². The van der Waals surface area contributed by atoms with Crippen molar-refractivity contribution >= 4 is 27.8 Å². The van der Waals surface area contributed by atoms with E-state index in [4.69, 9.17) is 26.2 Å². The SMILES string of the molecule is CCOC(=O)Oc1c(-c2ccc(Cl)cc2)c(-c2ccc(S(N)(=O)=O)cc2)c2n1CCC2. The molecule has 0 saturated carbocycles. The number of ether oxygens (including phenoxy) is 2. The molecule has 2 aromatic carbocycles. The van der Waals surface area contributed by atoms with Crippen LogP contribution in [0.4, 0.5) is 4.79 Å². The molecule has 2 heterocycles. The van der Waals surface area contributed by atoms with Crippen molar-refractivity contribution in [2.24, 2.45) is 5.14 Å². The predicted octanol–water partition coefficient (Wildman–Crippen LogP) is 4.60. The number of aromatic nitrogens is 1. The molecule has 7 nitrogen and oxygen atoms in total. The van der Waals surface area contributed by atoms with Gasteiger partial charge < -0.3 is 14.0 Å². The number of nitrogens with two attached hydrogens (primary N) is 1. The summed E-state index contributed by atoms with van der Waals surface area (Å²) in [5.74, 6) is 0.402. The third-order valence-corrected chi connectivity index (χ3v) is 6.35. The summed E-state index contributed by atoms with van der Waals surface area (Å²) in [6.45, 7) is 2.60. The lowest BCUT2D eigenvalue weighted by Crippen LogP contribution is -2.13. The fourth-order valence-corrected chi connectivity index (χ4v) is 4.53. The fraction of sp³-hybridized carbons (Fsp3) is 0.227. The van der Waals surface area contributed by atoms with Crippen molar-refractivity contribution in [1.29, 1.82) is 0 Å². The van der Waals surface area contributed by atoms with Gasteiger partial charge in [-0.3, -0.25) is 0 Å². The predicted molar refractivity (Wildman–Crippen MR) is 118 cm³/mol. The minimum Gasteiger partial charge on any atom is -0.434 e. The van der Waals surface area contributed by atoms with Crippen molar-refractivity contribution in [1.82, 2.24) is 4.57 Å². The van der Waals surface area contributed by atoms with E-state index in [2.05, 4.69) is 0 Å². The highest BCUT2D eigenvalue weighted by atomic mass is 35.5. The minimum absolute atomic E-state index is 0.0307. The van der Waals surface area contributed by atoms with Crippen molar-refractivity contribution < 1.29 is 22.7 Å². The van der Waals surface area contributed by atoms with Crippen LogP contribution in [-0.4, -0.2) is 25.7 Å². The molecule has 0 radical (unpaired) electrons. The highest BCUT2D eigenvalue weighted by Gasteiger charge is 2.30. The Labute approximate surface area is 185 Å². The maximum absolute atomic E-state index is 12.2. The first kappa shape index (κ1) is 21.4. The molecule has 0 spiro atoms. The average Bonchev–Trinajstić information content (AvgIpc) is 3.30. The van der Waals surface area contributed by atoms with Gasteiger partial charge in [0, 0.05) is 22.8 Å². The van der Waals surface area contributed by atoms with E-state index in [0.29, 0.717) is 17.4 Å². The highest BCUT2D eigenvalue weighted by Crippen LogP contribution is 2.47. The molecule has 3 aromatic rings. The molecule has 0 aliphatic carbocycles. The summed E-state index contributed by atoms with van der Waals surface area (Å²) < 4.78 is 36.0. The number of hydrogen-bond acceptors (Lipinski definition) is 5. The van der Waals surface area contributed by atoms with Crippen molar-refractivity contribution in [2.45, 2.75) is 31.2 Å². The first-order chi connectivity index (χ1) is 14.8. The topological polar surface area (TPSA) is 101 Å². The number of nitrogens with zero attached hydrogens (tertiary/aromatic N) is 1. The van der Waals surface area contributed by atoms with Gasteiger partial charge in [-0.05, 0) is 55.2 Å². The van der Waals surface area contributed by atoms with E-state index in [0.717, 1.165) is 40.8 Å². The summed E-state index contributed by atoms with van der Waals surface area (Å²) in [5, 5.41) is 5.83. The van der Waals surface area contributed by atoms with E-state index in [-0.39, 0.29) is 11.5 Å². The van der Waals surface area contributed by atoms with Crippen LogP contribution in [0.2, 0.25) is 5.02 Å². The maximum atomic E-state index is 12.2. The van der Waals surface area contributed by atoms with Crippen LogP contribution >= 0.6 is 11.6 Å². The molecule has 0 atom stereocenters. The average molecular weight is 461 g/mol. The summed E-state index contributed by atoms with van der Waals surface area (Å²) in [6, 6.07) is 13.6. The monoisotopic (exact) mass is 460 g/mol. The second kappa shape index (κ2) is 8.37. The number of rotatable bonds is 5. The molecule has 0 saturated heterocycles. The maximum Gasteiger partial charge on any atom is 0.515 e. The molecular formula is C22H21ClN2O5S. The summed E-state index contributed by atoms with van der Waals surface area (Å²) in [5.41, 5.74) is 4.22. The van der Waals surface area contributed by atoms with Crippen molar-refractivity contribution in [3.8, 4) is 28.1 Å². The van der Waals surface area contributed by atoms with E-state index in [1.165, 1.54) is 12.1 Å². The smallest absolute Gasteiger partial charge is 0.434 e. The molecule has 31 heavy (non-hydrogen) atoms. The molecule has 2 N–H and O–H groups in total. The quantitative estimate of drug-likeness (QED) is 0.560. The molecule has 1 aromatic heterocycles. The number of halogens is 1. The van der Waals surface area contributed by atoms with Crippen molar-refractivity contribution in [3.63, 3.8) is 0 Å². The summed E-state index contributed by atoms with van der Waals surface area (Å²) in [7, 11) is -3.80. The molecular weight excluding hydrogens is 440 g/mol. The third kappa shape index (κ3) is 4.19. The minimum atomic E-state index is -3.80. The number of primary sulfonamides is 1. The van der Waals surface area contributed by atoms with E-state index >= 15 is 0 Å². The number of fused-ring (bicyclic) bond motifs is 1. The van der Waals surface area contributed by atoms with Crippen LogP contribution in [-0.2, 0) is 27.7 Å². The Balaban J connectivity index is 1.93. The number of benzene rings is 2. The second-order valence-electron chi connectivity index (χ2n) is 7.12. The Morgan fingerprint density at radius 2 is 1.68 bits per heavy atom. The third-order valence-electron chi connectivity index (χ3n) is 5.17. The van der Waals surface area contributed by atoms with Crippen LogP contribution in [0.5, 0.6) is 5.88 Å². The Kier molecular flexibility index (Phi) is 5.79. The van der Waals surface area contributed by atoms with Gasteiger partial charge in [0.2, 0.25) is 15.9 Å². The lowest BCUT2D eigenvalue weighted by Gasteiger charge is -2.11. The van der Waals surface area contributed by atoms with Gasteiger partial charge in [0.25, 0.3) is 0 Å². The largest absolute Gasteiger partial charge is 0.515 e. The number of carbonyl (C=O) groups excluding carboxylic acids is 1. The molecule has 0 fully saturated rings. The van der Waals surface area contributed by atoms with E-state index < -0.39 is 16.2 Å². The van der Waals surface area contributed by atoms with Crippen LogP contribution in [0.15, 0.2) is 53.4 Å². The summed E-state index contributed by atoms with van der Waals surface area (Å²) in [6.07, 6.45) is 0.914. The Morgan fingerprint density at radius 3 is 2.29 bits per heavy atom. The zero-order valence-corrected chi connectivity index (χ0v) is 18.4. The van der Waals surface area contributed by atoms with Gasteiger partial charge in [-0.15, -0.1) is 0 Å². The lowest BCUT2D eigenvalue weighted by atomic mass is 9.95. The standard InChI is InChI=1S/C22H21ClN2O5S/c1-2-29-22(26)30-21-20(15-5-9-16(23)10-6-15)19(18-4-3-13-25(18)21)14-7-11-17(12-8-14)31(24,27)28/h5-12H,2-4,13H2,1H3,(H2,24,27,28). The molecule has 9 heteroatoms. The fourth-order valence-electron chi connectivity index (χ4n) is 3.88. The second-order valence-corrected chi connectivity index (χ2v) is 9.12. The normalized spacial score (nSPS) is 13.1. The van der Waals surface area contributed by atoms with Crippen LogP contribution in [0.3, 0.4) is 0 Å². The molecule has 0 amide bonds. The molecule has 1 aliphatic rings. The molecule has 1 aliphatic heterocycles. The zero-order valence-electron chi connectivity index (χ0n) is 16.8. The number of hydrogen-bond donors (Lipinski definition) is 1. The molecule has 0 bridgehead atoms. The van der Waals surface area contributed by atoms with Gasteiger partial charge in [-0.1, -0.05) is 35.9 Å². The van der Waals surface area contributed by atoms with E-state index in [1.807, 2.05) is 16.7 Å². The lowest BCUT2D eigenvalue weighted by molar-refractivity contribution is 0.101. The Hall–Kier alpha value is -2.81. The number of carbonyl (C=O) groups is 1. The molecule has 162 valence electrons. The first-order valence-electron chi connectivity index (χ1n) is 9.78. The molecule has 0 unspecified atom stereocenters.